The predicted octanol–water partition coefficient (Wildman–Crippen LogP) is 3.55. The fourth-order valence-electron chi connectivity index (χ4n) is 2.46. The molecule has 0 amide bonds. The molecule has 0 fully saturated rings. The second kappa shape index (κ2) is 5.16. The highest BCUT2D eigenvalue weighted by Gasteiger charge is 2.27. The molecule has 0 saturated carbocycles. The fraction of sp³-hybridized carbons (Fsp3) is 0.312. The average Bonchev–Trinajstić information content (AvgIpc) is 2.93. The maximum Gasteiger partial charge on any atom is 0.160 e. The molecule has 5 nitrogen and oxygen atoms in total. The lowest BCUT2D eigenvalue weighted by Gasteiger charge is -2.32. The first-order valence-electron chi connectivity index (χ1n) is 7.01. The van der Waals surface area contributed by atoms with E-state index in [0.29, 0.717) is 0 Å². The molecule has 0 aliphatic heterocycles. The maximum absolute atomic E-state index is 4.38. The Bertz CT molecular complexity index is 727. The molecule has 0 radical (unpaired) electrons. The van der Waals surface area contributed by atoms with Crippen LogP contribution in [0.1, 0.15) is 32.4 Å². The van der Waals surface area contributed by atoms with Crippen LogP contribution in [0.2, 0.25) is 0 Å². The van der Waals surface area contributed by atoms with Gasteiger partial charge in [0.2, 0.25) is 0 Å². The van der Waals surface area contributed by atoms with Crippen molar-refractivity contribution in [1.29, 1.82) is 0 Å². The first-order valence-corrected chi connectivity index (χ1v) is 7.01. The van der Waals surface area contributed by atoms with E-state index in [-0.39, 0.29) is 11.5 Å². The van der Waals surface area contributed by atoms with E-state index in [4.69, 9.17) is 0 Å². The SMILES string of the molecule is CC(C)(C)C(Nc1ncnc2[nH]ncc12)c1ccccc1. The van der Waals surface area contributed by atoms with Crippen molar-refractivity contribution in [2.24, 2.45) is 5.41 Å². The minimum atomic E-state index is 0.0440. The third kappa shape index (κ3) is 2.72. The molecule has 2 N–H and O–H groups in total. The van der Waals surface area contributed by atoms with Gasteiger partial charge in [-0.2, -0.15) is 5.10 Å². The number of hydrogen-bond acceptors (Lipinski definition) is 4. The number of aromatic amines is 1. The molecule has 1 atom stereocenters. The van der Waals surface area contributed by atoms with Crippen LogP contribution in [-0.4, -0.2) is 20.2 Å². The molecule has 2 heterocycles. The number of fused-ring (bicyclic) bond motifs is 1. The Hall–Kier alpha value is -2.43. The van der Waals surface area contributed by atoms with Crippen LogP contribution in [0.15, 0.2) is 42.9 Å². The van der Waals surface area contributed by atoms with Gasteiger partial charge in [-0.1, -0.05) is 51.1 Å². The van der Waals surface area contributed by atoms with E-state index in [9.17, 15) is 0 Å². The zero-order chi connectivity index (χ0) is 14.9. The topological polar surface area (TPSA) is 66.5 Å². The largest absolute Gasteiger partial charge is 0.362 e. The van der Waals surface area contributed by atoms with Crippen molar-refractivity contribution < 1.29 is 0 Å². The van der Waals surface area contributed by atoms with E-state index in [0.717, 1.165) is 16.9 Å². The first kappa shape index (κ1) is 13.5. The maximum atomic E-state index is 4.38. The van der Waals surface area contributed by atoms with E-state index in [2.05, 4.69) is 70.5 Å². The number of nitrogens with one attached hydrogen (secondary N) is 2. The Labute approximate surface area is 123 Å². The summed E-state index contributed by atoms with van der Waals surface area (Å²) in [6.45, 7) is 6.64. The van der Waals surface area contributed by atoms with Crippen molar-refractivity contribution in [3.8, 4) is 0 Å². The molecule has 21 heavy (non-hydrogen) atoms. The summed E-state index contributed by atoms with van der Waals surface area (Å²) >= 11 is 0. The molecule has 0 saturated heterocycles. The van der Waals surface area contributed by atoms with E-state index >= 15 is 0 Å². The highest BCUT2D eigenvalue weighted by atomic mass is 15.2. The van der Waals surface area contributed by atoms with Crippen LogP contribution in [0.5, 0.6) is 0 Å². The Morgan fingerprint density at radius 3 is 2.57 bits per heavy atom. The lowest BCUT2D eigenvalue weighted by atomic mass is 9.82. The van der Waals surface area contributed by atoms with Crippen LogP contribution in [0, 0.1) is 5.41 Å². The highest BCUT2D eigenvalue weighted by Crippen LogP contribution is 2.36. The van der Waals surface area contributed by atoms with Crippen LogP contribution < -0.4 is 5.32 Å². The summed E-state index contributed by atoms with van der Waals surface area (Å²) < 4.78 is 0. The van der Waals surface area contributed by atoms with E-state index in [1.807, 2.05) is 6.07 Å². The van der Waals surface area contributed by atoms with Gasteiger partial charge in [0.25, 0.3) is 0 Å². The Balaban J connectivity index is 2.01. The van der Waals surface area contributed by atoms with Crippen molar-refractivity contribution >= 4 is 16.9 Å². The standard InChI is InChI=1S/C16H19N5/c1-16(2,3)13(11-7-5-4-6-8-11)20-14-12-9-19-21-15(12)18-10-17-14/h4-10,13H,1-3H3,(H2,17,18,19,20,21). The lowest BCUT2D eigenvalue weighted by molar-refractivity contribution is 0.347. The molecule has 1 unspecified atom stereocenters. The number of anilines is 1. The zero-order valence-electron chi connectivity index (χ0n) is 12.5. The van der Waals surface area contributed by atoms with E-state index < -0.39 is 0 Å². The minimum absolute atomic E-state index is 0.0440. The van der Waals surface area contributed by atoms with Crippen LogP contribution in [0.3, 0.4) is 0 Å². The van der Waals surface area contributed by atoms with Crippen LogP contribution >= 0.6 is 0 Å². The van der Waals surface area contributed by atoms with E-state index in [1.54, 1.807) is 12.5 Å². The summed E-state index contributed by atoms with van der Waals surface area (Å²) in [7, 11) is 0. The Morgan fingerprint density at radius 1 is 1.10 bits per heavy atom. The van der Waals surface area contributed by atoms with Gasteiger partial charge < -0.3 is 5.32 Å². The summed E-state index contributed by atoms with van der Waals surface area (Å²) in [4.78, 5) is 8.55. The van der Waals surface area contributed by atoms with Crippen LogP contribution in [-0.2, 0) is 0 Å². The zero-order valence-corrected chi connectivity index (χ0v) is 12.5. The third-order valence-electron chi connectivity index (χ3n) is 3.53. The van der Waals surface area contributed by atoms with Gasteiger partial charge in [0.05, 0.1) is 17.6 Å². The van der Waals surface area contributed by atoms with Crippen molar-refractivity contribution in [2.75, 3.05) is 5.32 Å². The molecule has 108 valence electrons. The predicted molar refractivity (Wildman–Crippen MR) is 83.9 cm³/mol. The van der Waals surface area contributed by atoms with Gasteiger partial charge in [-0.05, 0) is 11.0 Å². The van der Waals surface area contributed by atoms with Crippen LogP contribution in [0.4, 0.5) is 5.82 Å². The van der Waals surface area contributed by atoms with E-state index in [1.165, 1.54) is 5.56 Å². The molecular weight excluding hydrogens is 262 g/mol. The first-order chi connectivity index (χ1) is 10.1. The van der Waals surface area contributed by atoms with Gasteiger partial charge in [-0.3, -0.25) is 5.10 Å². The smallest absolute Gasteiger partial charge is 0.160 e. The molecule has 0 spiro atoms. The molecule has 3 aromatic rings. The third-order valence-corrected chi connectivity index (χ3v) is 3.53. The lowest BCUT2D eigenvalue weighted by Crippen LogP contribution is -2.26. The Kier molecular flexibility index (Phi) is 3.33. The summed E-state index contributed by atoms with van der Waals surface area (Å²) in [5, 5.41) is 11.4. The number of benzene rings is 1. The number of H-pyrrole nitrogens is 1. The summed E-state index contributed by atoms with van der Waals surface area (Å²) in [5.74, 6) is 0.803. The molecule has 5 heteroatoms. The molecule has 2 aromatic heterocycles. The second-order valence-electron chi connectivity index (χ2n) is 6.21. The number of aromatic nitrogens is 4. The normalized spacial score (nSPS) is 13.3. The van der Waals surface area contributed by atoms with Crippen molar-refractivity contribution in [3.63, 3.8) is 0 Å². The summed E-state index contributed by atoms with van der Waals surface area (Å²) in [5.41, 5.74) is 2.02. The second-order valence-corrected chi connectivity index (χ2v) is 6.21. The molecule has 0 aliphatic carbocycles. The van der Waals surface area contributed by atoms with Gasteiger partial charge in [0.15, 0.2) is 5.65 Å². The summed E-state index contributed by atoms with van der Waals surface area (Å²) in [6.07, 6.45) is 3.30. The van der Waals surface area contributed by atoms with Gasteiger partial charge in [0.1, 0.15) is 12.1 Å². The number of nitrogens with zero attached hydrogens (tertiary/aromatic N) is 3. The average molecular weight is 281 g/mol. The number of rotatable bonds is 3. The van der Waals surface area contributed by atoms with Crippen molar-refractivity contribution in [2.45, 2.75) is 26.8 Å². The van der Waals surface area contributed by atoms with Gasteiger partial charge in [0, 0.05) is 0 Å². The minimum Gasteiger partial charge on any atom is -0.362 e. The molecule has 0 aliphatic rings. The Morgan fingerprint density at radius 2 is 1.86 bits per heavy atom. The molecular formula is C16H19N5. The molecule has 3 rings (SSSR count). The van der Waals surface area contributed by atoms with Gasteiger partial charge >= 0.3 is 0 Å². The van der Waals surface area contributed by atoms with Gasteiger partial charge in [-0.25, -0.2) is 9.97 Å². The number of hydrogen-bond donors (Lipinski definition) is 2. The molecule has 1 aromatic carbocycles. The quantitative estimate of drug-likeness (QED) is 0.770. The van der Waals surface area contributed by atoms with Crippen LogP contribution in [0.25, 0.3) is 11.0 Å². The monoisotopic (exact) mass is 281 g/mol. The van der Waals surface area contributed by atoms with Crippen molar-refractivity contribution in [3.05, 3.63) is 48.4 Å². The van der Waals surface area contributed by atoms with Crippen molar-refractivity contribution in [1.82, 2.24) is 20.2 Å². The fourth-order valence-corrected chi connectivity index (χ4v) is 2.46. The highest BCUT2D eigenvalue weighted by molar-refractivity contribution is 5.85. The summed E-state index contributed by atoms with van der Waals surface area (Å²) in [6, 6.07) is 10.6. The van der Waals surface area contributed by atoms with Gasteiger partial charge in [-0.15, -0.1) is 0 Å². The molecule has 0 bridgehead atoms.